The SMILES string of the molecule is CC1(C)CC1NCc1ccc(Br)cc1F. The van der Waals surface area contributed by atoms with Crippen LogP contribution in [-0.2, 0) is 6.54 Å². The van der Waals surface area contributed by atoms with Crippen LogP contribution in [0.2, 0.25) is 0 Å². The maximum absolute atomic E-state index is 13.4. The second-order valence-corrected chi connectivity index (χ2v) is 5.78. The first-order chi connectivity index (χ1) is 6.99. The Kier molecular flexibility index (Phi) is 2.86. The van der Waals surface area contributed by atoms with Crippen LogP contribution in [0.4, 0.5) is 4.39 Å². The summed E-state index contributed by atoms with van der Waals surface area (Å²) < 4.78 is 14.2. The van der Waals surface area contributed by atoms with Gasteiger partial charge in [0.15, 0.2) is 0 Å². The van der Waals surface area contributed by atoms with Crippen LogP contribution in [0.3, 0.4) is 0 Å². The molecular weight excluding hydrogens is 257 g/mol. The van der Waals surface area contributed by atoms with Crippen molar-refractivity contribution in [2.24, 2.45) is 5.41 Å². The van der Waals surface area contributed by atoms with Crippen LogP contribution in [0.15, 0.2) is 22.7 Å². The van der Waals surface area contributed by atoms with Crippen molar-refractivity contribution in [3.8, 4) is 0 Å². The first kappa shape index (κ1) is 11.1. The average Bonchev–Trinajstić information content (AvgIpc) is 2.73. The molecule has 3 heteroatoms. The van der Waals surface area contributed by atoms with Gasteiger partial charge in [-0.25, -0.2) is 4.39 Å². The van der Waals surface area contributed by atoms with E-state index in [2.05, 4.69) is 35.1 Å². The molecule has 1 aromatic carbocycles. The van der Waals surface area contributed by atoms with Gasteiger partial charge in [0.05, 0.1) is 0 Å². The average molecular weight is 272 g/mol. The van der Waals surface area contributed by atoms with Crippen molar-refractivity contribution < 1.29 is 4.39 Å². The molecule has 0 bridgehead atoms. The first-order valence-electron chi connectivity index (χ1n) is 5.16. The Balaban J connectivity index is 1.94. The van der Waals surface area contributed by atoms with Crippen LogP contribution in [0.1, 0.15) is 25.8 Å². The molecule has 0 heterocycles. The Bertz CT molecular complexity index is 376. The van der Waals surface area contributed by atoms with Crippen LogP contribution >= 0.6 is 15.9 Å². The van der Waals surface area contributed by atoms with Crippen molar-refractivity contribution in [1.29, 1.82) is 0 Å². The molecule has 1 unspecified atom stereocenters. The van der Waals surface area contributed by atoms with Gasteiger partial charge in [-0.3, -0.25) is 0 Å². The fourth-order valence-corrected chi connectivity index (χ4v) is 2.05. The molecule has 1 atom stereocenters. The van der Waals surface area contributed by atoms with Crippen molar-refractivity contribution in [1.82, 2.24) is 5.32 Å². The highest BCUT2D eigenvalue weighted by Crippen LogP contribution is 2.44. The number of rotatable bonds is 3. The minimum atomic E-state index is -0.143. The summed E-state index contributed by atoms with van der Waals surface area (Å²) in [6.07, 6.45) is 1.19. The molecule has 0 amide bonds. The van der Waals surface area contributed by atoms with E-state index in [-0.39, 0.29) is 5.82 Å². The van der Waals surface area contributed by atoms with Gasteiger partial charge in [-0.15, -0.1) is 0 Å². The molecule has 1 N–H and O–H groups in total. The van der Waals surface area contributed by atoms with Crippen LogP contribution < -0.4 is 5.32 Å². The molecule has 0 saturated heterocycles. The monoisotopic (exact) mass is 271 g/mol. The quantitative estimate of drug-likeness (QED) is 0.888. The van der Waals surface area contributed by atoms with Crippen molar-refractivity contribution in [3.63, 3.8) is 0 Å². The van der Waals surface area contributed by atoms with Crippen LogP contribution in [-0.4, -0.2) is 6.04 Å². The van der Waals surface area contributed by atoms with Gasteiger partial charge in [0.2, 0.25) is 0 Å². The number of nitrogens with one attached hydrogen (secondary N) is 1. The molecule has 2 rings (SSSR count). The molecule has 0 aliphatic heterocycles. The summed E-state index contributed by atoms with van der Waals surface area (Å²) in [5.41, 5.74) is 1.13. The Labute approximate surface area is 98.2 Å². The van der Waals surface area contributed by atoms with E-state index in [0.29, 0.717) is 18.0 Å². The van der Waals surface area contributed by atoms with E-state index in [4.69, 9.17) is 0 Å². The molecule has 0 radical (unpaired) electrons. The molecule has 15 heavy (non-hydrogen) atoms. The van der Waals surface area contributed by atoms with Gasteiger partial charge in [-0.05, 0) is 24.0 Å². The predicted molar refractivity (Wildman–Crippen MR) is 63.1 cm³/mol. The summed E-state index contributed by atoms with van der Waals surface area (Å²) >= 11 is 3.25. The fourth-order valence-electron chi connectivity index (χ4n) is 1.71. The van der Waals surface area contributed by atoms with E-state index >= 15 is 0 Å². The lowest BCUT2D eigenvalue weighted by Gasteiger charge is -2.07. The van der Waals surface area contributed by atoms with Crippen LogP contribution in [0.5, 0.6) is 0 Å². The largest absolute Gasteiger partial charge is 0.309 e. The summed E-state index contributed by atoms with van der Waals surface area (Å²) in [7, 11) is 0. The molecule has 1 aromatic rings. The van der Waals surface area contributed by atoms with E-state index in [1.165, 1.54) is 12.5 Å². The number of halogens is 2. The summed E-state index contributed by atoms with van der Waals surface area (Å²) in [5, 5.41) is 3.37. The third kappa shape index (κ3) is 2.58. The lowest BCUT2D eigenvalue weighted by molar-refractivity contribution is 0.528. The van der Waals surface area contributed by atoms with Gasteiger partial charge in [0.1, 0.15) is 5.82 Å². The molecule has 1 saturated carbocycles. The van der Waals surface area contributed by atoms with Gasteiger partial charge in [-0.1, -0.05) is 35.8 Å². The number of benzene rings is 1. The zero-order chi connectivity index (χ0) is 11.1. The van der Waals surface area contributed by atoms with Crippen molar-refractivity contribution in [2.75, 3.05) is 0 Å². The first-order valence-corrected chi connectivity index (χ1v) is 5.96. The standard InChI is InChI=1S/C12H15BrFN/c1-12(2)6-11(12)15-7-8-3-4-9(13)5-10(8)14/h3-5,11,15H,6-7H2,1-2H3. The van der Waals surface area contributed by atoms with Crippen molar-refractivity contribution in [3.05, 3.63) is 34.1 Å². The van der Waals surface area contributed by atoms with E-state index in [1.54, 1.807) is 0 Å². The van der Waals surface area contributed by atoms with Crippen molar-refractivity contribution >= 4 is 15.9 Å². The minimum absolute atomic E-state index is 0.143. The topological polar surface area (TPSA) is 12.0 Å². The summed E-state index contributed by atoms with van der Waals surface area (Å²) in [6, 6.07) is 5.75. The zero-order valence-electron chi connectivity index (χ0n) is 8.98. The smallest absolute Gasteiger partial charge is 0.128 e. The summed E-state index contributed by atoms with van der Waals surface area (Å²) in [6.45, 7) is 5.07. The van der Waals surface area contributed by atoms with Gasteiger partial charge in [-0.2, -0.15) is 0 Å². The lowest BCUT2D eigenvalue weighted by Crippen LogP contribution is -2.20. The van der Waals surface area contributed by atoms with Crippen molar-refractivity contribution in [2.45, 2.75) is 32.9 Å². The molecule has 1 fully saturated rings. The number of hydrogen-bond donors (Lipinski definition) is 1. The third-order valence-corrected chi connectivity index (χ3v) is 3.56. The molecule has 1 nitrogen and oxygen atoms in total. The van der Waals surface area contributed by atoms with Gasteiger partial charge < -0.3 is 5.32 Å². The molecule has 82 valence electrons. The maximum Gasteiger partial charge on any atom is 0.128 e. The highest BCUT2D eigenvalue weighted by atomic mass is 79.9. The predicted octanol–water partition coefficient (Wildman–Crippen LogP) is 3.48. The second kappa shape index (κ2) is 3.87. The molecule has 0 aromatic heterocycles. The zero-order valence-corrected chi connectivity index (χ0v) is 10.6. The number of hydrogen-bond acceptors (Lipinski definition) is 1. The lowest BCUT2D eigenvalue weighted by atomic mass is 10.1. The van der Waals surface area contributed by atoms with E-state index in [0.717, 1.165) is 10.0 Å². The second-order valence-electron chi connectivity index (χ2n) is 4.86. The Morgan fingerprint density at radius 3 is 2.73 bits per heavy atom. The van der Waals surface area contributed by atoms with E-state index in [1.807, 2.05) is 12.1 Å². The summed E-state index contributed by atoms with van der Waals surface area (Å²) in [4.78, 5) is 0. The highest BCUT2D eigenvalue weighted by molar-refractivity contribution is 9.10. The minimum Gasteiger partial charge on any atom is -0.309 e. The van der Waals surface area contributed by atoms with E-state index < -0.39 is 0 Å². The van der Waals surface area contributed by atoms with E-state index in [9.17, 15) is 4.39 Å². The molecule has 0 spiro atoms. The van der Waals surface area contributed by atoms with Crippen LogP contribution in [0, 0.1) is 11.2 Å². The Morgan fingerprint density at radius 2 is 2.20 bits per heavy atom. The Hall–Kier alpha value is -0.410. The van der Waals surface area contributed by atoms with Gasteiger partial charge >= 0.3 is 0 Å². The molecule has 1 aliphatic carbocycles. The van der Waals surface area contributed by atoms with Gasteiger partial charge in [0.25, 0.3) is 0 Å². The Morgan fingerprint density at radius 1 is 1.53 bits per heavy atom. The molecule has 1 aliphatic rings. The summed E-state index contributed by atoms with van der Waals surface area (Å²) in [5.74, 6) is -0.143. The fraction of sp³-hybridized carbons (Fsp3) is 0.500. The highest BCUT2D eigenvalue weighted by Gasteiger charge is 2.45. The van der Waals surface area contributed by atoms with Gasteiger partial charge in [0, 0.05) is 22.6 Å². The normalized spacial score (nSPS) is 22.8. The maximum atomic E-state index is 13.4. The third-order valence-electron chi connectivity index (χ3n) is 3.07. The van der Waals surface area contributed by atoms with Crippen LogP contribution in [0.25, 0.3) is 0 Å². The molecular formula is C12H15BrFN.